The Bertz CT molecular complexity index is 904. The van der Waals surface area contributed by atoms with Crippen LogP contribution >= 0.6 is 0 Å². The van der Waals surface area contributed by atoms with Gasteiger partial charge in [0, 0.05) is 28.7 Å². The van der Waals surface area contributed by atoms with Crippen LogP contribution in [0.1, 0.15) is 28.5 Å². The number of carbonyl (C=O) groups excluding carboxylic acids is 1. The summed E-state index contributed by atoms with van der Waals surface area (Å²) in [4.78, 5) is 20.3. The van der Waals surface area contributed by atoms with Crippen LogP contribution in [0.4, 0.5) is 23.1 Å². The Morgan fingerprint density at radius 1 is 0.880 bits per heavy atom. The van der Waals surface area contributed by atoms with Crippen molar-refractivity contribution in [2.24, 2.45) is 0 Å². The fraction of sp³-hybridized carbons (Fsp3) is 0.150. The molecule has 0 unspecified atom stereocenters. The van der Waals surface area contributed by atoms with Crippen molar-refractivity contribution in [1.29, 1.82) is 0 Å². The Hall–Kier alpha value is -3.21. The third-order valence-electron chi connectivity index (χ3n) is 3.69. The van der Waals surface area contributed by atoms with Crippen LogP contribution in [0.25, 0.3) is 0 Å². The molecule has 25 heavy (non-hydrogen) atoms. The number of aryl methyl sites for hydroxylation is 2. The standard InChI is InChI=1S/C20H20N4O/c1-13-5-4-6-18(11-13)23-20-21-14(2)12-19(24-20)22-17-9-7-16(8-10-17)15(3)25/h4-12H,1-3H3,(H2,21,22,23,24). The topological polar surface area (TPSA) is 66.9 Å². The number of benzene rings is 2. The zero-order valence-electron chi connectivity index (χ0n) is 14.5. The highest BCUT2D eigenvalue weighted by Gasteiger charge is 2.05. The molecular weight excluding hydrogens is 312 g/mol. The maximum absolute atomic E-state index is 11.4. The zero-order valence-corrected chi connectivity index (χ0v) is 14.5. The summed E-state index contributed by atoms with van der Waals surface area (Å²) in [5, 5.41) is 6.47. The van der Waals surface area contributed by atoms with Gasteiger partial charge < -0.3 is 10.6 Å². The Morgan fingerprint density at radius 2 is 1.64 bits per heavy atom. The average molecular weight is 332 g/mol. The first-order valence-electron chi connectivity index (χ1n) is 8.07. The van der Waals surface area contributed by atoms with Crippen LogP contribution in [0.15, 0.2) is 54.6 Å². The van der Waals surface area contributed by atoms with E-state index in [9.17, 15) is 4.79 Å². The predicted molar refractivity (Wildman–Crippen MR) is 101 cm³/mol. The van der Waals surface area contributed by atoms with Crippen LogP contribution in [-0.2, 0) is 0 Å². The molecule has 5 nitrogen and oxygen atoms in total. The number of aromatic nitrogens is 2. The molecule has 3 aromatic rings. The fourth-order valence-corrected chi connectivity index (χ4v) is 2.48. The van der Waals surface area contributed by atoms with Gasteiger partial charge in [-0.05, 0) is 62.7 Å². The highest BCUT2D eigenvalue weighted by molar-refractivity contribution is 5.94. The molecule has 5 heteroatoms. The molecule has 126 valence electrons. The molecule has 0 aliphatic heterocycles. The second-order valence-corrected chi connectivity index (χ2v) is 5.97. The van der Waals surface area contributed by atoms with E-state index in [0.29, 0.717) is 17.3 Å². The van der Waals surface area contributed by atoms with Crippen LogP contribution in [0.3, 0.4) is 0 Å². The fourth-order valence-electron chi connectivity index (χ4n) is 2.48. The third-order valence-corrected chi connectivity index (χ3v) is 3.69. The summed E-state index contributed by atoms with van der Waals surface area (Å²) >= 11 is 0. The van der Waals surface area contributed by atoms with E-state index in [4.69, 9.17) is 0 Å². The van der Waals surface area contributed by atoms with Crippen LogP contribution in [0.2, 0.25) is 0 Å². The molecular formula is C20H20N4O. The van der Waals surface area contributed by atoms with Crippen LogP contribution in [0, 0.1) is 13.8 Å². The van der Waals surface area contributed by atoms with Crippen molar-refractivity contribution in [2.75, 3.05) is 10.6 Å². The summed E-state index contributed by atoms with van der Waals surface area (Å²) in [7, 11) is 0. The number of Topliss-reactive ketones (excluding diaryl/α,β-unsaturated/α-hetero) is 1. The molecule has 3 rings (SSSR count). The normalized spacial score (nSPS) is 10.4. The predicted octanol–water partition coefficient (Wildman–Crippen LogP) is 4.78. The third kappa shape index (κ3) is 4.41. The molecule has 0 bridgehead atoms. The number of nitrogens with one attached hydrogen (secondary N) is 2. The van der Waals surface area contributed by atoms with Crippen LogP contribution < -0.4 is 10.6 Å². The number of rotatable bonds is 5. The van der Waals surface area contributed by atoms with E-state index in [2.05, 4.69) is 20.6 Å². The number of nitrogens with zero attached hydrogens (tertiary/aromatic N) is 2. The molecule has 0 amide bonds. The molecule has 0 fully saturated rings. The number of carbonyl (C=O) groups is 1. The number of hydrogen-bond acceptors (Lipinski definition) is 5. The van der Waals surface area contributed by atoms with Crippen molar-refractivity contribution in [3.8, 4) is 0 Å². The Kier molecular flexibility index (Phi) is 4.75. The summed E-state index contributed by atoms with van der Waals surface area (Å²) in [5.41, 5.74) is 4.52. The minimum Gasteiger partial charge on any atom is -0.340 e. The first-order valence-corrected chi connectivity index (χ1v) is 8.07. The quantitative estimate of drug-likeness (QED) is 0.658. The van der Waals surface area contributed by atoms with Crippen molar-refractivity contribution < 1.29 is 4.79 Å². The van der Waals surface area contributed by atoms with E-state index < -0.39 is 0 Å². The zero-order chi connectivity index (χ0) is 17.8. The van der Waals surface area contributed by atoms with E-state index in [1.165, 1.54) is 5.56 Å². The van der Waals surface area contributed by atoms with Gasteiger partial charge >= 0.3 is 0 Å². The summed E-state index contributed by atoms with van der Waals surface area (Å²) < 4.78 is 0. The molecule has 0 atom stereocenters. The second-order valence-electron chi connectivity index (χ2n) is 5.97. The van der Waals surface area contributed by atoms with Gasteiger partial charge in [-0.3, -0.25) is 4.79 Å². The van der Waals surface area contributed by atoms with Gasteiger partial charge in [0.1, 0.15) is 5.82 Å². The van der Waals surface area contributed by atoms with Gasteiger partial charge in [0.05, 0.1) is 0 Å². The summed E-state index contributed by atoms with van der Waals surface area (Å²) in [6.07, 6.45) is 0. The minimum absolute atomic E-state index is 0.0501. The van der Waals surface area contributed by atoms with E-state index in [0.717, 1.165) is 17.1 Å². The monoisotopic (exact) mass is 332 g/mol. The van der Waals surface area contributed by atoms with Gasteiger partial charge in [-0.2, -0.15) is 4.98 Å². The van der Waals surface area contributed by atoms with Gasteiger partial charge in [-0.15, -0.1) is 0 Å². The van der Waals surface area contributed by atoms with E-state index in [1.54, 1.807) is 19.1 Å². The molecule has 0 saturated heterocycles. The van der Waals surface area contributed by atoms with Crippen LogP contribution in [0.5, 0.6) is 0 Å². The molecule has 2 aromatic carbocycles. The van der Waals surface area contributed by atoms with Crippen molar-refractivity contribution in [1.82, 2.24) is 9.97 Å². The molecule has 1 aromatic heterocycles. The van der Waals surface area contributed by atoms with Gasteiger partial charge in [0.25, 0.3) is 0 Å². The van der Waals surface area contributed by atoms with Crippen molar-refractivity contribution in [2.45, 2.75) is 20.8 Å². The van der Waals surface area contributed by atoms with Crippen molar-refractivity contribution in [3.05, 3.63) is 71.4 Å². The maximum atomic E-state index is 11.4. The smallest absolute Gasteiger partial charge is 0.229 e. The number of ketones is 1. The summed E-state index contributed by atoms with van der Waals surface area (Å²) in [6.45, 7) is 5.52. The Labute approximate surface area is 147 Å². The molecule has 0 saturated carbocycles. The molecule has 0 aliphatic rings. The van der Waals surface area contributed by atoms with E-state index in [1.807, 2.05) is 56.3 Å². The lowest BCUT2D eigenvalue weighted by Gasteiger charge is -2.10. The molecule has 2 N–H and O–H groups in total. The lowest BCUT2D eigenvalue weighted by molar-refractivity contribution is 0.101. The molecule has 0 aliphatic carbocycles. The second kappa shape index (κ2) is 7.13. The molecule has 0 spiro atoms. The average Bonchev–Trinajstić information content (AvgIpc) is 2.54. The van der Waals surface area contributed by atoms with E-state index >= 15 is 0 Å². The Balaban J connectivity index is 1.80. The van der Waals surface area contributed by atoms with Gasteiger partial charge in [0.15, 0.2) is 5.78 Å². The van der Waals surface area contributed by atoms with Gasteiger partial charge in [0.2, 0.25) is 5.95 Å². The lowest BCUT2D eigenvalue weighted by atomic mass is 10.1. The molecule has 1 heterocycles. The number of hydrogen-bond donors (Lipinski definition) is 2. The van der Waals surface area contributed by atoms with Gasteiger partial charge in [-0.1, -0.05) is 12.1 Å². The van der Waals surface area contributed by atoms with E-state index in [-0.39, 0.29) is 5.78 Å². The van der Waals surface area contributed by atoms with Crippen LogP contribution in [-0.4, -0.2) is 15.8 Å². The summed E-state index contributed by atoms with van der Waals surface area (Å²) in [6, 6.07) is 17.2. The van der Waals surface area contributed by atoms with Crippen molar-refractivity contribution in [3.63, 3.8) is 0 Å². The largest absolute Gasteiger partial charge is 0.340 e. The van der Waals surface area contributed by atoms with Gasteiger partial charge in [-0.25, -0.2) is 4.98 Å². The summed E-state index contributed by atoms with van der Waals surface area (Å²) in [5.74, 6) is 1.28. The first kappa shape index (κ1) is 16.6. The SMILES string of the molecule is CC(=O)c1ccc(Nc2cc(C)nc(Nc3cccc(C)c3)n2)cc1. The molecule has 0 radical (unpaired) electrons. The minimum atomic E-state index is 0.0501. The van der Waals surface area contributed by atoms with Crippen molar-refractivity contribution >= 4 is 28.9 Å². The Morgan fingerprint density at radius 3 is 2.32 bits per heavy atom. The maximum Gasteiger partial charge on any atom is 0.229 e. The lowest BCUT2D eigenvalue weighted by Crippen LogP contribution is -2.02. The first-order chi connectivity index (χ1) is 12.0. The highest BCUT2D eigenvalue weighted by Crippen LogP contribution is 2.20. The highest BCUT2D eigenvalue weighted by atomic mass is 16.1. The number of anilines is 4.